The lowest BCUT2D eigenvalue weighted by molar-refractivity contribution is -0.146. The number of carbonyl (C=O) groups excluding carboxylic acids is 2. The van der Waals surface area contributed by atoms with Gasteiger partial charge in [0.05, 0.1) is 12.7 Å². The Hall–Kier alpha value is -1.16. The van der Waals surface area contributed by atoms with Crippen molar-refractivity contribution in [2.24, 2.45) is 46.3 Å². The summed E-state index contributed by atoms with van der Waals surface area (Å²) >= 11 is 0. The van der Waals surface area contributed by atoms with E-state index in [1.807, 2.05) is 6.08 Å². The standard InChI is InChI=1S/C26H40O4/c1-6-18-22-13-17(28)9-11-26(22,5)21-10-12-25(4)19(15(2)14-30-16(3)27)7-8-20(25)23(21)24(18)29/h13,15,18-21,23-24,29H,6-12,14H2,1-5H3/t15?,18?,19-,20+,21+,23+,24?,25-,26-/m1/s1. The summed E-state index contributed by atoms with van der Waals surface area (Å²) in [5.74, 6) is 2.34. The van der Waals surface area contributed by atoms with Gasteiger partial charge in [0, 0.05) is 19.3 Å². The molecular formula is C26H40O4. The third-order valence-corrected chi connectivity index (χ3v) is 9.97. The second kappa shape index (κ2) is 7.76. The molecule has 4 aliphatic rings. The molecule has 0 aromatic carbocycles. The van der Waals surface area contributed by atoms with Crippen molar-refractivity contribution in [1.29, 1.82) is 0 Å². The van der Waals surface area contributed by atoms with E-state index in [0.717, 1.165) is 32.1 Å². The number of ketones is 1. The highest BCUT2D eigenvalue weighted by Crippen LogP contribution is 2.68. The molecule has 0 aromatic rings. The lowest BCUT2D eigenvalue weighted by Gasteiger charge is -2.61. The molecule has 4 rings (SSSR count). The van der Waals surface area contributed by atoms with Crippen molar-refractivity contribution in [2.75, 3.05) is 6.61 Å². The van der Waals surface area contributed by atoms with E-state index < -0.39 is 0 Å². The highest BCUT2D eigenvalue weighted by atomic mass is 16.5. The second-order valence-corrected chi connectivity index (χ2v) is 11.3. The SMILES string of the molecule is CCC1C2=CC(=O)CC[C@]2(C)[C@H]2CC[C@]3(C)[C@@H](C(C)COC(C)=O)CC[C@H]3[C@@H]2C1O. The molecule has 0 bridgehead atoms. The van der Waals surface area contributed by atoms with Crippen molar-refractivity contribution in [2.45, 2.75) is 85.7 Å². The number of hydrogen-bond acceptors (Lipinski definition) is 4. The minimum atomic E-state index is -0.350. The zero-order valence-electron chi connectivity index (χ0n) is 19.4. The van der Waals surface area contributed by atoms with E-state index in [1.165, 1.54) is 18.9 Å². The normalized spacial score (nSPS) is 46.3. The molecule has 0 heterocycles. The number of esters is 1. The van der Waals surface area contributed by atoms with Crippen LogP contribution in [0, 0.1) is 46.3 Å². The number of carbonyl (C=O) groups is 2. The van der Waals surface area contributed by atoms with E-state index in [2.05, 4.69) is 27.7 Å². The molecule has 4 heteroatoms. The molecule has 3 saturated carbocycles. The number of rotatable bonds is 4. The second-order valence-electron chi connectivity index (χ2n) is 11.3. The summed E-state index contributed by atoms with van der Waals surface area (Å²) in [5.41, 5.74) is 1.50. The molecule has 0 radical (unpaired) electrons. The quantitative estimate of drug-likeness (QED) is 0.659. The van der Waals surface area contributed by atoms with E-state index in [9.17, 15) is 14.7 Å². The first-order chi connectivity index (χ1) is 14.1. The summed E-state index contributed by atoms with van der Waals surface area (Å²) in [6.45, 7) is 11.2. The van der Waals surface area contributed by atoms with Crippen LogP contribution in [-0.2, 0) is 14.3 Å². The van der Waals surface area contributed by atoms with Gasteiger partial charge in [0.25, 0.3) is 0 Å². The van der Waals surface area contributed by atoms with Crippen molar-refractivity contribution >= 4 is 11.8 Å². The average molecular weight is 417 g/mol. The number of aliphatic hydroxyl groups excluding tert-OH is 1. The van der Waals surface area contributed by atoms with Gasteiger partial charge in [-0.3, -0.25) is 9.59 Å². The Balaban J connectivity index is 1.65. The minimum Gasteiger partial charge on any atom is -0.466 e. The maximum atomic E-state index is 12.3. The summed E-state index contributed by atoms with van der Waals surface area (Å²) in [6.07, 6.45) is 8.67. The van der Waals surface area contributed by atoms with Gasteiger partial charge in [0.1, 0.15) is 0 Å². The topological polar surface area (TPSA) is 63.6 Å². The molecule has 9 atom stereocenters. The predicted molar refractivity (Wildman–Crippen MR) is 117 cm³/mol. The van der Waals surface area contributed by atoms with Crippen LogP contribution < -0.4 is 0 Å². The van der Waals surface area contributed by atoms with E-state index in [-0.39, 0.29) is 34.6 Å². The van der Waals surface area contributed by atoms with E-state index in [1.54, 1.807) is 0 Å². The van der Waals surface area contributed by atoms with E-state index >= 15 is 0 Å². The summed E-state index contributed by atoms with van der Waals surface area (Å²) in [7, 11) is 0. The molecule has 30 heavy (non-hydrogen) atoms. The van der Waals surface area contributed by atoms with E-state index in [4.69, 9.17) is 4.74 Å². The Morgan fingerprint density at radius 1 is 1.23 bits per heavy atom. The fourth-order valence-electron chi connectivity index (χ4n) is 8.54. The zero-order chi connectivity index (χ0) is 21.8. The Bertz CT molecular complexity index is 741. The number of hydrogen-bond donors (Lipinski definition) is 1. The fraction of sp³-hybridized carbons (Fsp3) is 0.846. The predicted octanol–water partition coefficient (Wildman–Crippen LogP) is 4.94. The van der Waals surface area contributed by atoms with Crippen LogP contribution in [0.1, 0.15) is 79.6 Å². The van der Waals surface area contributed by atoms with Crippen molar-refractivity contribution in [3.05, 3.63) is 11.6 Å². The molecule has 4 aliphatic carbocycles. The lowest BCUT2D eigenvalue weighted by Crippen LogP contribution is -2.58. The molecule has 4 nitrogen and oxygen atoms in total. The summed E-state index contributed by atoms with van der Waals surface area (Å²) in [4.78, 5) is 23.6. The molecule has 0 amide bonds. The first-order valence-electron chi connectivity index (χ1n) is 12.2. The summed E-state index contributed by atoms with van der Waals surface area (Å²) < 4.78 is 5.37. The van der Waals surface area contributed by atoms with Gasteiger partial charge in [0.2, 0.25) is 0 Å². The number of ether oxygens (including phenoxy) is 1. The third kappa shape index (κ3) is 3.20. The van der Waals surface area contributed by atoms with Crippen LogP contribution in [0.15, 0.2) is 11.6 Å². The highest BCUT2D eigenvalue weighted by molar-refractivity contribution is 5.91. The molecule has 0 saturated heterocycles. The fourth-order valence-corrected chi connectivity index (χ4v) is 8.54. The first kappa shape index (κ1) is 22.0. The van der Waals surface area contributed by atoms with Crippen molar-refractivity contribution in [3.63, 3.8) is 0 Å². The van der Waals surface area contributed by atoms with Crippen LogP contribution in [0.25, 0.3) is 0 Å². The van der Waals surface area contributed by atoms with Crippen LogP contribution in [0.5, 0.6) is 0 Å². The maximum Gasteiger partial charge on any atom is 0.302 e. The van der Waals surface area contributed by atoms with Crippen LogP contribution in [-0.4, -0.2) is 29.6 Å². The van der Waals surface area contributed by atoms with Gasteiger partial charge in [-0.2, -0.15) is 0 Å². The van der Waals surface area contributed by atoms with Gasteiger partial charge >= 0.3 is 5.97 Å². The van der Waals surface area contributed by atoms with Crippen LogP contribution in [0.2, 0.25) is 0 Å². The molecule has 168 valence electrons. The van der Waals surface area contributed by atoms with Crippen molar-refractivity contribution < 1.29 is 19.4 Å². The summed E-state index contributed by atoms with van der Waals surface area (Å²) in [6, 6.07) is 0. The van der Waals surface area contributed by atoms with Crippen LogP contribution in [0.4, 0.5) is 0 Å². The molecular weight excluding hydrogens is 376 g/mol. The zero-order valence-corrected chi connectivity index (χ0v) is 19.4. The number of aliphatic hydroxyl groups is 1. The number of fused-ring (bicyclic) bond motifs is 5. The Labute approximate surface area is 181 Å². The molecule has 0 aliphatic heterocycles. The van der Waals surface area contributed by atoms with Gasteiger partial charge in [-0.05, 0) is 85.0 Å². The molecule has 3 fully saturated rings. The summed E-state index contributed by atoms with van der Waals surface area (Å²) in [5, 5.41) is 11.6. The van der Waals surface area contributed by atoms with Gasteiger partial charge < -0.3 is 9.84 Å². The first-order valence-corrected chi connectivity index (χ1v) is 12.2. The third-order valence-electron chi connectivity index (χ3n) is 9.97. The maximum absolute atomic E-state index is 12.3. The smallest absolute Gasteiger partial charge is 0.302 e. The Morgan fingerprint density at radius 3 is 2.63 bits per heavy atom. The Morgan fingerprint density at radius 2 is 1.97 bits per heavy atom. The molecule has 0 spiro atoms. The van der Waals surface area contributed by atoms with Crippen LogP contribution >= 0.6 is 0 Å². The van der Waals surface area contributed by atoms with Crippen LogP contribution in [0.3, 0.4) is 0 Å². The monoisotopic (exact) mass is 416 g/mol. The Kier molecular flexibility index (Phi) is 5.70. The van der Waals surface area contributed by atoms with E-state index in [0.29, 0.717) is 42.6 Å². The van der Waals surface area contributed by atoms with Gasteiger partial charge in [0.15, 0.2) is 5.78 Å². The largest absolute Gasteiger partial charge is 0.466 e. The van der Waals surface area contributed by atoms with Crippen molar-refractivity contribution in [1.82, 2.24) is 0 Å². The van der Waals surface area contributed by atoms with Gasteiger partial charge in [-0.1, -0.05) is 33.3 Å². The lowest BCUT2D eigenvalue weighted by atomic mass is 9.43. The van der Waals surface area contributed by atoms with Gasteiger partial charge in [-0.15, -0.1) is 0 Å². The molecule has 0 aromatic heterocycles. The van der Waals surface area contributed by atoms with Gasteiger partial charge in [-0.25, -0.2) is 0 Å². The molecule has 1 N–H and O–H groups in total. The highest BCUT2D eigenvalue weighted by Gasteiger charge is 2.63. The minimum absolute atomic E-state index is 0.0568. The van der Waals surface area contributed by atoms with Crippen molar-refractivity contribution in [3.8, 4) is 0 Å². The molecule has 3 unspecified atom stereocenters. The average Bonchev–Trinajstić information content (AvgIpc) is 3.05.